The lowest BCUT2D eigenvalue weighted by atomic mass is 10.2. The minimum Gasteiger partial charge on any atom is -0.313 e. The molecule has 1 atom stereocenters. The van der Waals surface area contributed by atoms with Crippen molar-refractivity contribution < 1.29 is 8.42 Å². The van der Waals surface area contributed by atoms with E-state index in [4.69, 9.17) is 0 Å². The Kier molecular flexibility index (Phi) is 3.76. The number of nitrogens with one attached hydrogen (secondary N) is 2. The second kappa shape index (κ2) is 5.12. The van der Waals surface area contributed by atoms with E-state index in [9.17, 15) is 8.42 Å². The van der Waals surface area contributed by atoms with E-state index < -0.39 is 10.0 Å². The van der Waals surface area contributed by atoms with Crippen LogP contribution in [0.15, 0.2) is 23.4 Å². The predicted octanol–water partition coefficient (Wildman–Crippen LogP) is 0.420. The minimum atomic E-state index is -3.47. The first-order valence-corrected chi connectivity index (χ1v) is 7.22. The molecule has 1 aliphatic heterocycles. The van der Waals surface area contributed by atoms with E-state index in [1.165, 1.54) is 6.20 Å². The highest BCUT2D eigenvalue weighted by Crippen LogP contribution is 2.08. The molecule has 94 valence electrons. The topological polar surface area (TPSA) is 71.1 Å². The molecule has 0 saturated carbocycles. The highest BCUT2D eigenvalue weighted by atomic mass is 32.2. The average Bonchev–Trinajstić information content (AvgIpc) is 2.79. The molecule has 0 radical (unpaired) electrons. The smallest absolute Gasteiger partial charge is 0.258 e. The van der Waals surface area contributed by atoms with Gasteiger partial charge in [0.1, 0.15) is 0 Å². The Morgan fingerprint density at radius 1 is 1.59 bits per heavy atom. The van der Waals surface area contributed by atoms with Gasteiger partial charge in [0.25, 0.3) is 10.0 Å². The maximum absolute atomic E-state index is 11.9. The van der Waals surface area contributed by atoms with E-state index in [0.717, 1.165) is 24.9 Å². The number of nitrogens with zero attached hydrogens (tertiary/aromatic N) is 1. The average molecular weight is 255 g/mol. The monoisotopic (exact) mass is 255 g/mol. The summed E-state index contributed by atoms with van der Waals surface area (Å²) in [4.78, 5) is 3.89. The number of hydrogen-bond acceptors (Lipinski definition) is 4. The zero-order valence-corrected chi connectivity index (χ0v) is 10.6. The van der Waals surface area contributed by atoms with Crippen molar-refractivity contribution in [1.29, 1.82) is 0 Å². The summed E-state index contributed by atoms with van der Waals surface area (Å²) in [5.74, 6) is 0. The standard InChI is InChI=1S/C11H17N3O2S/c1-9-4-6-13-11(7-9)17(15,16)14-8-10-3-2-5-12-10/h4,6-7,10,12,14H,2-3,5,8H2,1H3/t10-/m0/s1. The maximum Gasteiger partial charge on any atom is 0.258 e. The Morgan fingerprint density at radius 3 is 3.06 bits per heavy atom. The Morgan fingerprint density at radius 2 is 2.41 bits per heavy atom. The zero-order valence-electron chi connectivity index (χ0n) is 9.81. The van der Waals surface area contributed by atoms with Gasteiger partial charge < -0.3 is 5.32 Å². The van der Waals surface area contributed by atoms with Gasteiger partial charge in [-0.25, -0.2) is 18.1 Å². The molecule has 17 heavy (non-hydrogen) atoms. The van der Waals surface area contributed by atoms with E-state index in [1.54, 1.807) is 12.1 Å². The van der Waals surface area contributed by atoms with Crippen LogP contribution in [0, 0.1) is 6.92 Å². The van der Waals surface area contributed by atoms with Crippen LogP contribution >= 0.6 is 0 Å². The highest BCUT2D eigenvalue weighted by Gasteiger charge is 2.19. The van der Waals surface area contributed by atoms with Crippen LogP contribution in [0.1, 0.15) is 18.4 Å². The summed E-state index contributed by atoms with van der Waals surface area (Å²) in [6.07, 6.45) is 3.64. The van der Waals surface area contributed by atoms with Gasteiger partial charge in [0.2, 0.25) is 0 Å². The van der Waals surface area contributed by atoms with Crippen LogP contribution in [-0.2, 0) is 10.0 Å². The van der Waals surface area contributed by atoms with Crippen molar-refractivity contribution in [2.75, 3.05) is 13.1 Å². The summed E-state index contributed by atoms with van der Waals surface area (Å²) in [5, 5.41) is 3.34. The van der Waals surface area contributed by atoms with Gasteiger partial charge in [-0.3, -0.25) is 0 Å². The molecule has 1 saturated heterocycles. The van der Waals surface area contributed by atoms with E-state index in [1.807, 2.05) is 6.92 Å². The molecule has 1 aliphatic rings. The van der Waals surface area contributed by atoms with Crippen LogP contribution in [0.25, 0.3) is 0 Å². The van der Waals surface area contributed by atoms with Crippen molar-refractivity contribution in [3.05, 3.63) is 23.9 Å². The molecule has 1 aromatic heterocycles. The van der Waals surface area contributed by atoms with Crippen molar-refractivity contribution in [3.63, 3.8) is 0 Å². The first-order chi connectivity index (χ1) is 8.08. The Bertz CT molecular complexity index is 481. The summed E-state index contributed by atoms with van der Waals surface area (Å²) < 4.78 is 26.5. The molecular formula is C11H17N3O2S. The van der Waals surface area contributed by atoms with Crippen LogP contribution < -0.4 is 10.0 Å². The lowest BCUT2D eigenvalue weighted by Crippen LogP contribution is -2.37. The van der Waals surface area contributed by atoms with Gasteiger partial charge in [-0.05, 0) is 44.0 Å². The maximum atomic E-state index is 11.9. The first kappa shape index (κ1) is 12.5. The molecule has 0 bridgehead atoms. The third-order valence-corrected chi connectivity index (χ3v) is 4.17. The predicted molar refractivity (Wildman–Crippen MR) is 65.2 cm³/mol. The molecule has 2 rings (SSSR count). The molecule has 0 spiro atoms. The fourth-order valence-corrected chi connectivity index (χ4v) is 2.98. The summed E-state index contributed by atoms with van der Waals surface area (Å²) in [7, 11) is -3.47. The number of rotatable bonds is 4. The van der Waals surface area contributed by atoms with Crippen molar-refractivity contribution >= 4 is 10.0 Å². The van der Waals surface area contributed by atoms with Crippen LogP contribution in [0.5, 0.6) is 0 Å². The van der Waals surface area contributed by atoms with E-state index in [-0.39, 0.29) is 11.1 Å². The van der Waals surface area contributed by atoms with Gasteiger partial charge in [0.05, 0.1) is 0 Å². The number of hydrogen-bond donors (Lipinski definition) is 2. The fraction of sp³-hybridized carbons (Fsp3) is 0.545. The summed E-state index contributed by atoms with van der Waals surface area (Å²) in [5.41, 5.74) is 0.888. The molecule has 0 aromatic carbocycles. The van der Waals surface area contributed by atoms with Gasteiger partial charge in [0, 0.05) is 18.8 Å². The summed E-state index contributed by atoms with van der Waals surface area (Å²) >= 11 is 0. The molecule has 0 amide bonds. The van der Waals surface area contributed by atoms with Crippen LogP contribution in [0.4, 0.5) is 0 Å². The number of aromatic nitrogens is 1. The Balaban J connectivity index is 2.03. The molecule has 5 nitrogen and oxygen atoms in total. The number of sulfonamides is 1. The van der Waals surface area contributed by atoms with Crippen molar-refractivity contribution in [1.82, 2.24) is 15.0 Å². The van der Waals surface area contributed by atoms with Crippen LogP contribution in [0.3, 0.4) is 0 Å². The second-order valence-electron chi connectivity index (χ2n) is 4.32. The lowest BCUT2D eigenvalue weighted by molar-refractivity contribution is 0.549. The largest absolute Gasteiger partial charge is 0.313 e. The molecule has 6 heteroatoms. The fourth-order valence-electron chi connectivity index (χ4n) is 1.87. The third kappa shape index (κ3) is 3.24. The van der Waals surface area contributed by atoms with E-state index in [2.05, 4.69) is 15.0 Å². The van der Waals surface area contributed by atoms with Crippen molar-refractivity contribution in [2.45, 2.75) is 30.8 Å². The van der Waals surface area contributed by atoms with Crippen LogP contribution in [-0.4, -0.2) is 32.5 Å². The molecule has 2 heterocycles. The Labute approximate surface area is 102 Å². The number of pyridine rings is 1. The van der Waals surface area contributed by atoms with Crippen molar-refractivity contribution in [2.24, 2.45) is 0 Å². The van der Waals surface area contributed by atoms with Gasteiger partial charge in [-0.15, -0.1) is 0 Å². The van der Waals surface area contributed by atoms with Crippen molar-refractivity contribution in [3.8, 4) is 0 Å². The summed E-state index contributed by atoms with van der Waals surface area (Å²) in [6, 6.07) is 3.59. The molecule has 1 aromatic rings. The first-order valence-electron chi connectivity index (χ1n) is 5.74. The van der Waals surface area contributed by atoms with Gasteiger partial charge in [0.15, 0.2) is 5.03 Å². The molecule has 0 unspecified atom stereocenters. The van der Waals surface area contributed by atoms with Crippen LogP contribution in [0.2, 0.25) is 0 Å². The SMILES string of the molecule is Cc1ccnc(S(=O)(=O)NC[C@@H]2CCCN2)c1. The van der Waals surface area contributed by atoms with Gasteiger partial charge in [-0.2, -0.15) is 0 Å². The lowest BCUT2D eigenvalue weighted by Gasteiger charge is -2.11. The van der Waals surface area contributed by atoms with E-state index in [0.29, 0.717) is 6.54 Å². The molecular weight excluding hydrogens is 238 g/mol. The van der Waals surface area contributed by atoms with Gasteiger partial charge >= 0.3 is 0 Å². The molecule has 2 N–H and O–H groups in total. The zero-order chi connectivity index (χ0) is 12.3. The second-order valence-corrected chi connectivity index (χ2v) is 6.03. The molecule has 0 aliphatic carbocycles. The normalized spacial score (nSPS) is 20.6. The minimum absolute atomic E-state index is 0.0931. The van der Waals surface area contributed by atoms with E-state index >= 15 is 0 Å². The highest BCUT2D eigenvalue weighted by molar-refractivity contribution is 7.89. The number of aryl methyl sites for hydroxylation is 1. The molecule has 1 fully saturated rings. The summed E-state index contributed by atoms with van der Waals surface area (Å²) in [6.45, 7) is 3.24. The van der Waals surface area contributed by atoms with Gasteiger partial charge in [-0.1, -0.05) is 0 Å². The quantitative estimate of drug-likeness (QED) is 0.818. The Hall–Kier alpha value is -0.980. The third-order valence-electron chi connectivity index (χ3n) is 2.85.